The highest BCUT2D eigenvalue weighted by Crippen LogP contribution is 2.25. The number of hydrogen-bond acceptors (Lipinski definition) is 7. The maximum Gasteiger partial charge on any atom is 0.338 e. The lowest BCUT2D eigenvalue weighted by Gasteiger charge is -2.08. The number of nitrogens with zero attached hydrogens (tertiary/aromatic N) is 1. The smallest absolute Gasteiger partial charge is 0.338 e. The van der Waals surface area contributed by atoms with Gasteiger partial charge in [-0.15, -0.1) is 0 Å². The van der Waals surface area contributed by atoms with Crippen LogP contribution in [-0.4, -0.2) is 38.8 Å². The van der Waals surface area contributed by atoms with Crippen molar-refractivity contribution in [1.82, 2.24) is 0 Å². The van der Waals surface area contributed by atoms with Gasteiger partial charge in [-0.1, -0.05) is 12.1 Å². The van der Waals surface area contributed by atoms with Crippen LogP contribution < -0.4 is 4.74 Å². The topological polar surface area (TPSA) is 113 Å². The van der Waals surface area contributed by atoms with Crippen LogP contribution in [0.3, 0.4) is 0 Å². The lowest BCUT2D eigenvalue weighted by Crippen LogP contribution is -2.13. The van der Waals surface area contributed by atoms with Gasteiger partial charge in [-0.3, -0.25) is 10.1 Å². The molecule has 0 amide bonds. The van der Waals surface area contributed by atoms with Crippen molar-refractivity contribution in [2.75, 3.05) is 19.5 Å². The predicted molar refractivity (Wildman–Crippen MR) is 88.4 cm³/mol. The fourth-order valence-electron chi connectivity index (χ4n) is 2.03. The highest BCUT2D eigenvalue weighted by atomic mass is 32.2. The molecule has 2 aromatic carbocycles. The molecule has 0 saturated carbocycles. The Morgan fingerprint density at radius 2 is 1.88 bits per heavy atom. The van der Waals surface area contributed by atoms with Crippen LogP contribution in [0.4, 0.5) is 10.1 Å². The first kappa shape index (κ1) is 19.3. The second kappa shape index (κ2) is 7.91. The molecule has 138 valence electrons. The van der Waals surface area contributed by atoms with E-state index in [1.165, 1.54) is 18.2 Å². The van der Waals surface area contributed by atoms with Gasteiger partial charge in [-0.25, -0.2) is 17.6 Å². The molecule has 0 aliphatic heterocycles. The molecule has 0 unspecified atom stereocenters. The minimum absolute atomic E-state index is 0.00306. The molecule has 2 rings (SSSR count). The quantitative estimate of drug-likeness (QED) is 0.312. The number of carbonyl (C=O) groups excluding carboxylic acids is 1. The third-order valence-corrected chi connectivity index (χ3v) is 4.35. The van der Waals surface area contributed by atoms with Crippen molar-refractivity contribution in [3.63, 3.8) is 0 Å². The number of sulfone groups is 1. The van der Waals surface area contributed by atoms with Crippen LogP contribution >= 0.6 is 0 Å². The number of rotatable bonds is 7. The standard InChI is InChI=1S/C16H14FNO7S/c1-26(22,23)15-7-6-11(10-13(15)18(20)21)16(19)25-9-8-24-14-5-3-2-4-12(14)17/h2-7,10H,8-9H2,1H3. The number of para-hydroxylation sites is 1. The Hall–Kier alpha value is -3.01. The average Bonchev–Trinajstić information content (AvgIpc) is 2.58. The van der Waals surface area contributed by atoms with Crippen LogP contribution in [0, 0.1) is 15.9 Å². The summed E-state index contributed by atoms with van der Waals surface area (Å²) in [5.74, 6) is -1.47. The first-order chi connectivity index (χ1) is 12.2. The van der Waals surface area contributed by atoms with E-state index in [-0.39, 0.29) is 24.5 Å². The van der Waals surface area contributed by atoms with E-state index in [0.29, 0.717) is 0 Å². The van der Waals surface area contributed by atoms with E-state index < -0.39 is 37.1 Å². The van der Waals surface area contributed by atoms with Crippen LogP contribution in [0.1, 0.15) is 10.4 Å². The summed E-state index contributed by atoms with van der Waals surface area (Å²) in [7, 11) is -3.83. The number of nitro groups is 1. The second-order valence-electron chi connectivity index (χ2n) is 5.13. The van der Waals surface area contributed by atoms with Gasteiger partial charge < -0.3 is 9.47 Å². The molecule has 0 bridgehead atoms. The number of carbonyl (C=O) groups is 1. The zero-order valence-electron chi connectivity index (χ0n) is 13.5. The van der Waals surface area contributed by atoms with Crippen LogP contribution in [0.5, 0.6) is 5.75 Å². The van der Waals surface area contributed by atoms with Gasteiger partial charge in [0.05, 0.1) is 10.5 Å². The minimum atomic E-state index is -3.83. The van der Waals surface area contributed by atoms with E-state index >= 15 is 0 Å². The molecule has 8 nitrogen and oxygen atoms in total. The third kappa shape index (κ3) is 4.76. The van der Waals surface area contributed by atoms with E-state index in [4.69, 9.17) is 9.47 Å². The van der Waals surface area contributed by atoms with E-state index in [1.807, 2.05) is 0 Å². The summed E-state index contributed by atoms with van der Waals surface area (Å²) in [6.45, 7) is -0.356. The van der Waals surface area contributed by atoms with Crippen molar-refractivity contribution >= 4 is 21.5 Å². The van der Waals surface area contributed by atoms with Gasteiger partial charge >= 0.3 is 5.97 Å². The zero-order valence-corrected chi connectivity index (χ0v) is 14.4. The number of ether oxygens (including phenoxy) is 2. The lowest BCUT2D eigenvalue weighted by molar-refractivity contribution is -0.387. The summed E-state index contributed by atoms with van der Waals surface area (Å²) < 4.78 is 46.4. The fraction of sp³-hybridized carbons (Fsp3) is 0.188. The molecule has 0 spiro atoms. The van der Waals surface area contributed by atoms with Crippen molar-refractivity contribution in [1.29, 1.82) is 0 Å². The van der Waals surface area contributed by atoms with Crippen molar-refractivity contribution < 1.29 is 32.0 Å². The lowest BCUT2D eigenvalue weighted by atomic mass is 10.2. The van der Waals surface area contributed by atoms with Crippen LogP contribution in [0.2, 0.25) is 0 Å². The number of hydrogen-bond donors (Lipinski definition) is 0. The summed E-state index contributed by atoms with van der Waals surface area (Å²) in [4.78, 5) is 21.6. The molecule has 0 aromatic heterocycles. The van der Waals surface area contributed by atoms with Crippen molar-refractivity contribution in [2.24, 2.45) is 0 Å². The molecule has 0 atom stereocenters. The van der Waals surface area contributed by atoms with Crippen LogP contribution in [-0.2, 0) is 14.6 Å². The van der Waals surface area contributed by atoms with Crippen molar-refractivity contribution in [3.8, 4) is 5.75 Å². The molecule has 0 saturated heterocycles. The van der Waals surface area contributed by atoms with E-state index in [9.17, 15) is 27.7 Å². The molecule has 0 aliphatic rings. The van der Waals surface area contributed by atoms with E-state index in [0.717, 1.165) is 24.5 Å². The highest BCUT2D eigenvalue weighted by molar-refractivity contribution is 7.90. The summed E-state index contributed by atoms with van der Waals surface area (Å²) in [6, 6.07) is 8.61. The van der Waals surface area contributed by atoms with Gasteiger partial charge in [0.25, 0.3) is 5.69 Å². The molecule has 0 N–H and O–H groups in total. The Morgan fingerprint density at radius 1 is 1.19 bits per heavy atom. The average molecular weight is 383 g/mol. The normalized spacial score (nSPS) is 11.0. The number of halogens is 1. The first-order valence-corrected chi connectivity index (χ1v) is 9.12. The summed E-state index contributed by atoms with van der Waals surface area (Å²) in [5, 5.41) is 11.0. The molecular weight excluding hydrogens is 369 g/mol. The van der Waals surface area contributed by atoms with Crippen molar-refractivity contribution in [2.45, 2.75) is 4.90 Å². The second-order valence-corrected chi connectivity index (χ2v) is 7.11. The Balaban J connectivity index is 2.02. The fourth-order valence-corrected chi connectivity index (χ4v) is 2.86. The Morgan fingerprint density at radius 3 is 2.50 bits per heavy atom. The molecule has 0 radical (unpaired) electrons. The monoisotopic (exact) mass is 383 g/mol. The molecule has 2 aromatic rings. The van der Waals surface area contributed by atoms with Gasteiger partial charge in [0.15, 0.2) is 21.4 Å². The summed E-state index contributed by atoms with van der Waals surface area (Å²) >= 11 is 0. The molecule has 0 aliphatic carbocycles. The van der Waals surface area contributed by atoms with Gasteiger partial charge in [-0.2, -0.15) is 0 Å². The third-order valence-electron chi connectivity index (χ3n) is 3.20. The molecule has 26 heavy (non-hydrogen) atoms. The van der Waals surface area contributed by atoms with Gasteiger partial charge in [-0.05, 0) is 24.3 Å². The largest absolute Gasteiger partial charge is 0.487 e. The Labute approximate surface area is 148 Å². The van der Waals surface area contributed by atoms with Crippen molar-refractivity contribution in [3.05, 3.63) is 64.0 Å². The Kier molecular flexibility index (Phi) is 5.88. The maximum absolute atomic E-state index is 13.3. The van der Waals surface area contributed by atoms with Gasteiger partial charge in [0, 0.05) is 12.3 Å². The number of nitro benzene ring substituents is 1. The summed E-state index contributed by atoms with van der Waals surface area (Å²) in [6.07, 6.45) is 0.827. The van der Waals surface area contributed by atoms with Crippen LogP contribution in [0.25, 0.3) is 0 Å². The van der Waals surface area contributed by atoms with E-state index in [2.05, 4.69) is 0 Å². The number of benzene rings is 2. The SMILES string of the molecule is CS(=O)(=O)c1ccc(C(=O)OCCOc2ccccc2F)cc1[N+](=O)[O-]. The van der Waals surface area contributed by atoms with Crippen LogP contribution in [0.15, 0.2) is 47.4 Å². The molecule has 0 fully saturated rings. The zero-order chi connectivity index (χ0) is 19.3. The van der Waals surface area contributed by atoms with Gasteiger partial charge in [0.1, 0.15) is 18.1 Å². The van der Waals surface area contributed by atoms with Gasteiger partial charge in [0.2, 0.25) is 0 Å². The first-order valence-electron chi connectivity index (χ1n) is 7.23. The highest BCUT2D eigenvalue weighted by Gasteiger charge is 2.24. The molecule has 10 heteroatoms. The predicted octanol–water partition coefficient (Wildman–Crippen LogP) is 2.37. The molecule has 0 heterocycles. The minimum Gasteiger partial charge on any atom is -0.487 e. The van der Waals surface area contributed by atoms with E-state index in [1.54, 1.807) is 6.07 Å². The number of esters is 1. The maximum atomic E-state index is 13.3. The Bertz CT molecular complexity index is 943. The summed E-state index contributed by atoms with van der Waals surface area (Å²) in [5.41, 5.74) is -0.903. The molecular formula is C16H14FNO7S.